The Bertz CT molecular complexity index is 1040. The molecular weight excluding hydrogens is 384 g/mol. The van der Waals surface area contributed by atoms with E-state index < -0.39 is 9.84 Å². The van der Waals surface area contributed by atoms with Crippen LogP contribution in [0.5, 0.6) is 6.01 Å². The first-order valence-electron chi connectivity index (χ1n) is 8.75. The number of ether oxygens (including phenoxy) is 1. The van der Waals surface area contributed by atoms with Crippen molar-refractivity contribution in [3.63, 3.8) is 0 Å². The van der Waals surface area contributed by atoms with Gasteiger partial charge >= 0.3 is 6.01 Å². The first kappa shape index (κ1) is 18.1. The van der Waals surface area contributed by atoms with E-state index >= 15 is 0 Å². The van der Waals surface area contributed by atoms with E-state index in [1.807, 2.05) is 6.07 Å². The van der Waals surface area contributed by atoms with Crippen molar-refractivity contribution in [2.24, 2.45) is 5.92 Å². The molecule has 0 spiro atoms. The van der Waals surface area contributed by atoms with Gasteiger partial charge in [-0.3, -0.25) is 0 Å². The first-order chi connectivity index (χ1) is 13.0. The van der Waals surface area contributed by atoms with Crippen LogP contribution in [0, 0.1) is 5.92 Å². The van der Waals surface area contributed by atoms with Gasteiger partial charge in [-0.15, -0.1) is 0 Å². The van der Waals surface area contributed by atoms with E-state index in [0.717, 1.165) is 35.8 Å². The predicted molar refractivity (Wildman–Crippen MR) is 105 cm³/mol. The third-order valence-corrected chi connectivity index (χ3v) is 6.76. The second-order valence-corrected chi connectivity index (χ2v) is 9.66. The Hall–Kier alpha value is -2.26. The molecule has 0 amide bonds. The van der Waals surface area contributed by atoms with Gasteiger partial charge in [0.2, 0.25) is 0 Å². The van der Waals surface area contributed by atoms with Crippen molar-refractivity contribution < 1.29 is 13.2 Å². The third kappa shape index (κ3) is 4.03. The number of thiazole rings is 1. The van der Waals surface area contributed by atoms with E-state index in [1.54, 1.807) is 30.6 Å². The van der Waals surface area contributed by atoms with Crippen molar-refractivity contribution in [1.29, 1.82) is 0 Å². The number of anilines is 1. The molecule has 1 unspecified atom stereocenters. The average Bonchev–Trinajstić information content (AvgIpc) is 3.11. The number of hydrogen-bond acceptors (Lipinski definition) is 8. The molecule has 3 aromatic rings. The maximum atomic E-state index is 12.0. The van der Waals surface area contributed by atoms with Crippen molar-refractivity contribution in [2.75, 3.05) is 30.9 Å². The van der Waals surface area contributed by atoms with Crippen molar-refractivity contribution in [3.8, 4) is 6.01 Å². The fourth-order valence-electron chi connectivity index (χ4n) is 3.27. The fourth-order valence-corrected chi connectivity index (χ4v) is 5.20. The highest BCUT2D eigenvalue weighted by molar-refractivity contribution is 7.91. The van der Waals surface area contributed by atoms with Gasteiger partial charge in [-0.05, 0) is 31.0 Å². The van der Waals surface area contributed by atoms with Crippen LogP contribution in [0.2, 0.25) is 0 Å². The summed E-state index contributed by atoms with van der Waals surface area (Å²) in [6.45, 7) is 2.28. The summed E-state index contributed by atoms with van der Waals surface area (Å²) in [7, 11) is -3.31. The van der Waals surface area contributed by atoms with E-state index in [0.29, 0.717) is 28.9 Å². The van der Waals surface area contributed by atoms with Gasteiger partial charge < -0.3 is 9.64 Å². The quantitative estimate of drug-likeness (QED) is 0.646. The highest BCUT2D eigenvalue weighted by Gasteiger charge is 2.24. The first-order valence-corrected chi connectivity index (χ1v) is 11.5. The van der Waals surface area contributed by atoms with Crippen molar-refractivity contribution >= 4 is 36.5 Å². The maximum absolute atomic E-state index is 12.0. The lowest BCUT2D eigenvalue weighted by molar-refractivity contribution is 0.214. The van der Waals surface area contributed by atoms with Crippen LogP contribution in [-0.4, -0.2) is 49.3 Å². The number of piperidine rings is 1. The van der Waals surface area contributed by atoms with E-state index in [-0.39, 0.29) is 0 Å². The van der Waals surface area contributed by atoms with Gasteiger partial charge in [0.1, 0.15) is 5.52 Å². The van der Waals surface area contributed by atoms with Gasteiger partial charge in [0, 0.05) is 37.7 Å². The van der Waals surface area contributed by atoms with Crippen LogP contribution in [0.4, 0.5) is 5.13 Å². The lowest BCUT2D eigenvalue weighted by Gasteiger charge is -2.32. The Labute approximate surface area is 162 Å². The smallest absolute Gasteiger partial charge is 0.316 e. The molecule has 9 heteroatoms. The molecule has 3 heterocycles. The second-order valence-electron chi connectivity index (χ2n) is 6.67. The zero-order valence-corrected chi connectivity index (χ0v) is 16.5. The summed E-state index contributed by atoms with van der Waals surface area (Å²) in [4.78, 5) is 15.3. The zero-order chi connectivity index (χ0) is 18.9. The van der Waals surface area contributed by atoms with Crippen LogP contribution in [0.1, 0.15) is 12.8 Å². The van der Waals surface area contributed by atoms with E-state index in [9.17, 15) is 8.42 Å². The Balaban J connectivity index is 1.51. The normalized spacial score (nSPS) is 18.0. The van der Waals surface area contributed by atoms with Crippen molar-refractivity contribution in [1.82, 2.24) is 15.0 Å². The molecule has 1 aliphatic heterocycles. The minimum absolute atomic E-state index is 0.292. The van der Waals surface area contributed by atoms with Crippen LogP contribution in [0.25, 0.3) is 10.2 Å². The number of sulfone groups is 1. The standard InChI is InChI=1S/C18H20N4O3S2/c1-27(23,24)15-7-2-6-14-16(15)21-18(26-14)22-10-3-5-13(11-22)12-25-17-19-8-4-9-20-17/h2,4,6-9,13H,3,5,10-12H2,1H3. The minimum atomic E-state index is -3.31. The van der Waals surface area contributed by atoms with Crippen LogP contribution in [0.15, 0.2) is 41.6 Å². The number of benzene rings is 1. The molecule has 1 saturated heterocycles. The molecule has 0 bridgehead atoms. The summed E-state index contributed by atoms with van der Waals surface area (Å²) < 4.78 is 30.7. The number of hydrogen-bond donors (Lipinski definition) is 0. The highest BCUT2D eigenvalue weighted by Crippen LogP contribution is 2.34. The summed E-state index contributed by atoms with van der Waals surface area (Å²) in [5.41, 5.74) is 0.566. The fraction of sp³-hybridized carbons (Fsp3) is 0.389. The number of fused-ring (bicyclic) bond motifs is 1. The summed E-state index contributed by atoms with van der Waals surface area (Å²) in [5.74, 6) is 0.351. The van der Waals surface area contributed by atoms with Gasteiger partial charge in [-0.1, -0.05) is 17.4 Å². The molecule has 2 aromatic heterocycles. The summed E-state index contributed by atoms with van der Waals surface area (Å²) in [5, 5.41) is 0.863. The molecule has 142 valence electrons. The molecule has 0 radical (unpaired) electrons. The maximum Gasteiger partial charge on any atom is 0.316 e. The van der Waals surface area contributed by atoms with E-state index in [4.69, 9.17) is 4.74 Å². The predicted octanol–water partition coefficient (Wildman–Crippen LogP) is 2.79. The number of aromatic nitrogens is 3. The van der Waals surface area contributed by atoms with Crippen molar-refractivity contribution in [2.45, 2.75) is 17.7 Å². The molecule has 7 nitrogen and oxygen atoms in total. The summed E-state index contributed by atoms with van der Waals surface area (Å²) in [6, 6.07) is 7.46. The monoisotopic (exact) mass is 404 g/mol. The van der Waals surface area contributed by atoms with Crippen LogP contribution < -0.4 is 9.64 Å². The highest BCUT2D eigenvalue weighted by atomic mass is 32.2. The van der Waals surface area contributed by atoms with Gasteiger partial charge in [-0.2, -0.15) is 0 Å². The van der Waals surface area contributed by atoms with Crippen LogP contribution in [-0.2, 0) is 9.84 Å². The Morgan fingerprint density at radius 1 is 1.26 bits per heavy atom. The van der Waals surface area contributed by atoms with E-state index in [2.05, 4.69) is 19.9 Å². The zero-order valence-electron chi connectivity index (χ0n) is 14.9. The number of nitrogens with zero attached hydrogens (tertiary/aromatic N) is 4. The Kier molecular flexibility index (Phi) is 4.96. The summed E-state index contributed by atoms with van der Waals surface area (Å²) >= 11 is 1.54. The topological polar surface area (TPSA) is 85.3 Å². The molecule has 1 fully saturated rings. The van der Waals surface area contributed by atoms with Crippen LogP contribution in [0.3, 0.4) is 0 Å². The molecule has 0 aliphatic carbocycles. The molecular formula is C18H20N4O3S2. The molecule has 1 aliphatic rings. The molecule has 0 N–H and O–H groups in total. The largest absolute Gasteiger partial charge is 0.463 e. The molecule has 1 aromatic carbocycles. The van der Waals surface area contributed by atoms with Gasteiger partial charge in [0.15, 0.2) is 15.0 Å². The number of rotatable bonds is 5. The minimum Gasteiger partial charge on any atom is -0.463 e. The molecule has 1 atom stereocenters. The molecule has 4 rings (SSSR count). The van der Waals surface area contributed by atoms with E-state index in [1.165, 1.54) is 17.6 Å². The lowest BCUT2D eigenvalue weighted by atomic mass is 9.99. The van der Waals surface area contributed by atoms with Gasteiger partial charge in [0.05, 0.1) is 16.2 Å². The lowest BCUT2D eigenvalue weighted by Crippen LogP contribution is -2.37. The SMILES string of the molecule is CS(=O)(=O)c1cccc2sc(N3CCCC(COc4ncccn4)C3)nc12. The molecule has 0 saturated carbocycles. The number of para-hydroxylation sites is 1. The molecule has 27 heavy (non-hydrogen) atoms. The van der Waals surface area contributed by atoms with Gasteiger partial charge in [0.25, 0.3) is 0 Å². The van der Waals surface area contributed by atoms with Crippen molar-refractivity contribution in [3.05, 3.63) is 36.7 Å². The summed E-state index contributed by atoms with van der Waals surface area (Å²) in [6.07, 6.45) is 6.66. The Morgan fingerprint density at radius 3 is 2.85 bits per heavy atom. The Morgan fingerprint density at radius 2 is 2.07 bits per heavy atom. The average molecular weight is 405 g/mol. The van der Waals surface area contributed by atoms with Gasteiger partial charge in [-0.25, -0.2) is 23.4 Å². The van der Waals surface area contributed by atoms with Crippen LogP contribution >= 0.6 is 11.3 Å². The second kappa shape index (κ2) is 7.40. The third-order valence-electron chi connectivity index (χ3n) is 4.55.